The number of carbonyl (C=O) groups is 1. The molecule has 0 bridgehead atoms. The van der Waals surface area contributed by atoms with Crippen LogP contribution in [0.2, 0.25) is 5.02 Å². The predicted octanol–water partition coefficient (Wildman–Crippen LogP) is 3.87. The summed E-state index contributed by atoms with van der Waals surface area (Å²) in [4.78, 5) is 11.8. The molecule has 1 saturated carbocycles. The number of ether oxygens (including phenoxy) is 1. The van der Waals surface area contributed by atoms with Crippen LogP contribution in [0.4, 0.5) is 5.69 Å². The van der Waals surface area contributed by atoms with Gasteiger partial charge in [0.1, 0.15) is 12.6 Å². The average molecular weight is 282 g/mol. The minimum Gasteiger partial charge on any atom is -0.461 e. The van der Waals surface area contributed by atoms with Crippen molar-refractivity contribution in [3.63, 3.8) is 0 Å². The van der Waals surface area contributed by atoms with Crippen LogP contribution in [-0.4, -0.2) is 18.6 Å². The van der Waals surface area contributed by atoms with E-state index in [-0.39, 0.29) is 18.6 Å². The molecule has 0 saturated heterocycles. The van der Waals surface area contributed by atoms with Crippen LogP contribution < -0.4 is 5.32 Å². The summed E-state index contributed by atoms with van der Waals surface area (Å²) in [6.07, 6.45) is 4.65. The van der Waals surface area contributed by atoms with Crippen molar-refractivity contribution >= 4 is 23.3 Å². The van der Waals surface area contributed by atoms with Crippen LogP contribution in [0, 0.1) is 5.92 Å². The number of nitrogens with one attached hydrogen (secondary N) is 1. The zero-order valence-corrected chi connectivity index (χ0v) is 12.0. The molecule has 1 fully saturated rings. The molecule has 2 rings (SSSR count). The zero-order valence-electron chi connectivity index (χ0n) is 11.2. The van der Waals surface area contributed by atoms with Crippen molar-refractivity contribution in [1.82, 2.24) is 0 Å². The summed E-state index contributed by atoms with van der Waals surface area (Å²) in [5, 5.41) is 3.73. The first-order valence-corrected chi connectivity index (χ1v) is 7.22. The fourth-order valence-electron chi connectivity index (χ4n) is 2.41. The fourth-order valence-corrected chi connectivity index (χ4v) is 2.54. The van der Waals surface area contributed by atoms with Gasteiger partial charge in [-0.2, -0.15) is 0 Å². The molecule has 0 radical (unpaired) electrons. The van der Waals surface area contributed by atoms with Gasteiger partial charge in [0, 0.05) is 10.7 Å². The van der Waals surface area contributed by atoms with Crippen molar-refractivity contribution in [3.05, 3.63) is 29.3 Å². The van der Waals surface area contributed by atoms with E-state index in [0.717, 1.165) is 24.9 Å². The lowest BCUT2D eigenvalue weighted by Gasteiger charge is -2.28. The number of halogens is 1. The van der Waals surface area contributed by atoms with Crippen molar-refractivity contribution in [2.45, 2.75) is 38.7 Å². The van der Waals surface area contributed by atoms with Gasteiger partial charge in [-0.15, -0.1) is 0 Å². The van der Waals surface area contributed by atoms with Gasteiger partial charge in [0.15, 0.2) is 0 Å². The molecule has 0 amide bonds. The molecule has 2 unspecified atom stereocenters. The molecule has 1 aromatic carbocycles. The van der Waals surface area contributed by atoms with E-state index in [0.29, 0.717) is 10.9 Å². The first-order chi connectivity index (χ1) is 9.15. The van der Waals surface area contributed by atoms with Crippen LogP contribution in [0.5, 0.6) is 0 Å². The van der Waals surface area contributed by atoms with Crippen LogP contribution in [0.25, 0.3) is 0 Å². The fraction of sp³-hybridized carbons (Fsp3) is 0.533. The molecule has 104 valence electrons. The van der Waals surface area contributed by atoms with Gasteiger partial charge < -0.3 is 10.1 Å². The standard InChI is InChI=1S/C15H20ClNO2/c1-11-4-2-3-5-14(11)19-15(18)10-17-13-8-6-12(16)7-9-13/h6-9,11,14,17H,2-5,10H2,1H3. The van der Waals surface area contributed by atoms with E-state index >= 15 is 0 Å². The van der Waals surface area contributed by atoms with Crippen LogP contribution in [0.1, 0.15) is 32.6 Å². The minimum atomic E-state index is -0.186. The zero-order chi connectivity index (χ0) is 13.7. The summed E-state index contributed by atoms with van der Waals surface area (Å²) in [6, 6.07) is 7.27. The second kappa shape index (κ2) is 6.80. The second-order valence-corrected chi connectivity index (χ2v) is 5.59. The van der Waals surface area contributed by atoms with Crippen LogP contribution in [0.15, 0.2) is 24.3 Å². The molecular formula is C15H20ClNO2. The Kier molecular flexibility index (Phi) is 5.08. The molecule has 0 aliphatic heterocycles. The third-order valence-electron chi connectivity index (χ3n) is 3.60. The summed E-state index contributed by atoms with van der Waals surface area (Å²) in [6.45, 7) is 2.36. The van der Waals surface area contributed by atoms with E-state index in [4.69, 9.17) is 16.3 Å². The third kappa shape index (κ3) is 4.43. The topological polar surface area (TPSA) is 38.3 Å². The molecule has 1 N–H and O–H groups in total. The summed E-state index contributed by atoms with van der Waals surface area (Å²) in [5.74, 6) is 0.293. The van der Waals surface area contributed by atoms with Crippen molar-refractivity contribution in [2.75, 3.05) is 11.9 Å². The highest BCUT2D eigenvalue weighted by Gasteiger charge is 2.24. The number of anilines is 1. The first-order valence-electron chi connectivity index (χ1n) is 6.84. The maximum absolute atomic E-state index is 11.8. The monoisotopic (exact) mass is 281 g/mol. The van der Waals surface area contributed by atoms with Gasteiger partial charge in [-0.3, -0.25) is 4.79 Å². The Balaban J connectivity index is 1.76. The molecular weight excluding hydrogens is 262 g/mol. The molecule has 0 spiro atoms. The highest BCUT2D eigenvalue weighted by atomic mass is 35.5. The summed E-state index contributed by atoms with van der Waals surface area (Å²) < 4.78 is 5.52. The lowest BCUT2D eigenvalue weighted by atomic mass is 9.88. The predicted molar refractivity (Wildman–Crippen MR) is 77.5 cm³/mol. The first kappa shape index (κ1) is 14.2. The molecule has 4 heteroatoms. The largest absolute Gasteiger partial charge is 0.461 e. The molecule has 3 nitrogen and oxygen atoms in total. The Bertz CT molecular complexity index is 419. The Morgan fingerprint density at radius 2 is 2.00 bits per heavy atom. The molecule has 2 atom stereocenters. The van der Waals surface area contributed by atoms with Gasteiger partial charge in [-0.25, -0.2) is 0 Å². The molecule has 1 aliphatic carbocycles. The van der Waals surface area contributed by atoms with Crippen LogP contribution in [0.3, 0.4) is 0 Å². The van der Waals surface area contributed by atoms with Crippen LogP contribution in [-0.2, 0) is 9.53 Å². The smallest absolute Gasteiger partial charge is 0.325 e. The van der Waals surface area contributed by atoms with Crippen molar-refractivity contribution in [1.29, 1.82) is 0 Å². The van der Waals surface area contributed by atoms with Gasteiger partial charge in [-0.1, -0.05) is 24.9 Å². The lowest BCUT2D eigenvalue weighted by molar-refractivity contribution is -0.150. The summed E-state index contributed by atoms with van der Waals surface area (Å²) in [5.41, 5.74) is 0.873. The lowest BCUT2D eigenvalue weighted by Crippen LogP contribution is -2.30. The van der Waals surface area contributed by atoms with E-state index in [9.17, 15) is 4.79 Å². The molecule has 0 aromatic heterocycles. The van der Waals surface area contributed by atoms with E-state index < -0.39 is 0 Å². The Hall–Kier alpha value is -1.22. The van der Waals surface area contributed by atoms with E-state index in [2.05, 4.69) is 12.2 Å². The van der Waals surface area contributed by atoms with Crippen molar-refractivity contribution in [3.8, 4) is 0 Å². The quantitative estimate of drug-likeness (QED) is 0.852. The molecule has 1 aliphatic rings. The highest BCUT2D eigenvalue weighted by molar-refractivity contribution is 6.30. The van der Waals surface area contributed by atoms with Crippen molar-refractivity contribution < 1.29 is 9.53 Å². The van der Waals surface area contributed by atoms with E-state index in [1.807, 2.05) is 12.1 Å². The highest BCUT2D eigenvalue weighted by Crippen LogP contribution is 2.26. The van der Waals surface area contributed by atoms with E-state index in [1.54, 1.807) is 12.1 Å². The van der Waals surface area contributed by atoms with Gasteiger partial charge >= 0.3 is 5.97 Å². The number of hydrogen-bond acceptors (Lipinski definition) is 3. The number of hydrogen-bond donors (Lipinski definition) is 1. The van der Waals surface area contributed by atoms with Gasteiger partial charge in [-0.05, 0) is 49.4 Å². The Labute approximate surface area is 119 Å². The SMILES string of the molecule is CC1CCCCC1OC(=O)CNc1ccc(Cl)cc1. The molecule has 19 heavy (non-hydrogen) atoms. The average Bonchev–Trinajstić information content (AvgIpc) is 2.41. The van der Waals surface area contributed by atoms with Crippen molar-refractivity contribution in [2.24, 2.45) is 5.92 Å². The molecule has 1 aromatic rings. The summed E-state index contributed by atoms with van der Waals surface area (Å²) in [7, 11) is 0. The maximum Gasteiger partial charge on any atom is 0.325 e. The number of benzene rings is 1. The molecule has 0 heterocycles. The second-order valence-electron chi connectivity index (χ2n) is 5.15. The van der Waals surface area contributed by atoms with Gasteiger partial charge in [0.25, 0.3) is 0 Å². The van der Waals surface area contributed by atoms with E-state index in [1.165, 1.54) is 6.42 Å². The normalized spacial score (nSPS) is 22.8. The maximum atomic E-state index is 11.8. The number of carbonyl (C=O) groups excluding carboxylic acids is 1. The number of rotatable bonds is 4. The van der Waals surface area contributed by atoms with Gasteiger partial charge in [0.05, 0.1) is 0 Å². The number of esters is 1. The summed E-state index contributed by atoms with van der Waals surface area (Å²) >= 11 is 5.80. The third-order valence-corrected chi connectivity index (χ3v) is 3.85. The van der Waals surface area contributed by atoms with Gasteiger partial charge in [0.2, 0.25) is 0 Å². The Morgan fingerprint density at radius 3 is 2.68 bits per heavy atom. The Morgan fingerprint density at radius 1 is 1.32 bits per heavy atom. The van der Waals surface area contributed by atoms with Crippen LogP contribution >= 0.6 is 11.6 Å². The minimum absolute atomic E-state index is 0.0910.